The largest absolute Gasteiger partial charge is 0.393 e. The molecule has 38 heavy (non-hydrogen) atoms. The number of hydrogen-bond acceptors (Lipinski definition) is 3. The molecule has 3 saturated carbocycles. The number of terminal acetylenes is 1. The van der Waals surface area contributed by atoms with Crippen molar-refractivity contribution in [1.29, 1.82) is 0 Å². The van der Waals surface area contributed by atoms with Gasteiger partial charge in [-0.15, -0.1) is 6.42 Å². The number of piperidine rings is 1. The number of fused-ring (bicyclic) bond motifs is 5. The summed E-state index contributed by atoms with van der Waals surface area (Å²) in [7, 11) is 0. The van der Waals surface area contributed by atoms with Gasteiger partial charge in [0.1, 0.15) is 5.60 Å². The monoisotopic (exact) mass is 523 g/mol. The molecule has 7 atom stereocenters. The fraction of sp³-hybridized carbons (Fsp3) is 0.853. The van der Waals surface area contributed by atoms with Gasteiger partial charge < -0.3 is 14.7 Å². The van der Waals surface area contributed by atoms with Crippen molar-refractivity contribution >= 4 is 5.91 Å². The molecule has 5 rings (SSSR count). The number of aliphatic hydroxyl groups is 1. The minimum atomic E-state index is -0.496. The van der Waals surface area contributed by atoms with Crippen molar-refractivity contribution in [3.8, 4) is 12.3 Å². The average molecular weight is 524 g/mol. The summed E-state index contributed by atoms with van der Waals surface area (Å²) < 4.78 is 6.05. The Hall–Kier alpha value is -1.31. The highest BCUT2D eigenvalue weighted by Gasteiger charge is 2.58. The van der Waals surface area contributed by atoms with Crippen molar-refractivity contribution in [2.45, 2.75) is 135 Å². The highest BCUT2D eigenvalue weighted by atomic mass is 16.5. The Morgan fingerprint density at radius 1 is 1.11 bits per heavy atom. The summed E-state index contributed by atoms with van der Waals surface area (Å²) in [5.41, 5.74) is 1.88. The molecule has 1 amide bonds. The van der Waals surface area contributed by atoms with Gasteiger partial charge >= 0.3 is 0 Å². The number of allylic oxidation sites excluding steroid dienone is 1. The van der Waals surface area contributed by atoms with Crippen LogP contribution in [0.15, 0.2) is 11.6 Å². The zero-order valence-electron chi connectivity index (χ0n) is 24.6. The van der Waals surface area contributed by atoms with Crippen molar-refractivity contribution in [1.82, 2.24) is 4.90 Å². The lowest BCUT2D eigenvalue weighted by atomic mass is 9.47. The molecule has 4 aliphatic carbocycles. The van der Waals surface area contributed by atoms with Crippen LogP contribution in [0.4, 0.5) is 0 Å². The molecular formula is C34H53NO3. The van der Waals surface area contributed by atoms with Gasteiger partial charge in [-0.1, -0.05) is 37.8 Å². The molecule has 0 bridgehead atoms. The van der Waals surface area contributed by atoms with E-state index < -0.39 is 5.60 Å². The number of hydrogen-bond donors (Lipinski definition) is 1. The zero-order valence-corrected chi connectivity index (χ0v) is 24.6. The zero-order chi connectivity index (χ0) is 27.1. The molecule has 0 aromatic heterocycles. The van der Waals surface area contributed by atoms with Crippen LogP contribution >= 0.6 is 0 Å². The number of unbranched alkanes of at least 4 members (excludes halogenated alkanes) is 1. The Kier molecular flexibility index (Phi) is 8.12. The fourth-order valence-electron chi connectivity index (χ4n) is 9.91. The number of carbonyl (C=O) groups is 1. The van der Waals surface area contributed by atoms with Crippen LogP contribution in [0.2, 0.25) is 0 Å². The lowest BCUT2D eigenvalue weighted by Crippen LogP contribution is -2.50. The minimum Gasteiger partial charge on any atom is -0.393 e. The maximum absolute atomic E-state index is 12.9. The molecule has 0 unspecified atom stereocenters. The summed E-state index contributed by atoms with van der Waals surface area (Å²) in [6, 6.07) is 0. The molecule has 0 aromatic carbocycles. The smallest absolute Gasteiger partial charge is 0.222 e. The fourth-order valence-corrected chi connectivity index (χ4v) is 9.91. The van der Waals surface area contributed by atoms with Crippen molar-refractivity contribution in [3.05, 3.63) is 11.6 Å². The van der Waals surface area contributed by atoms with Crippen LogP contribution in [-0.4, -0.2) is 46.8 Å². The minimum absolute atomic E-state index is 0.108. The Balaban J connectivity index is 1.10. The third-order valence-corrected chi connectivity index (χ3v) is 12.1. The van der Waals surface area contributed by atoms with Crippen molar-refractivity contribution in [3.63, 3.8) is 0 Å². The van der Waals surface area contributed by atoms with Gasteiger partial charge in [-0.25, -0.2) is 0 Å². The van der Waals surface area contributed by atoms with Crippen LogP contribution < -0.4 is 0 Å². The second kappa shape index (κ2) is 10.9. The van der Waals surface area contributed by atoms with Crippen LogP contribution in [0, 0.1) is 46.8 Å². The lowest BCUT2D eigenvalue weighted by Gasteiger charge is -2.58. The molecule has 1 N–H and O–H groups in total. The van der Waals surface area contributed by atoms with E-state index in [0.29, 0.717) is 36.2 Å². The molecule has 0 aromatic rings. The van der Waals surface area contributed by atoms with E-state index in [2.05, 4.69) is 25.8 Å². The standard InChI is InChI=1S/C34H53NO3/c1-6-34(38-24(2)3)19-21-35(22-20-34)31(37)10-8-7-9-25-12-14-29-28-13-11-26-23-27(36)15-17-33(26,5)30(28)16-18-32(25,29)4/h1,11,24-25,27-30,36H,7-10,12-23H2,2-5H3/t25-,27+,28+,29+,30+,32-,33+/m1/s1. The molecule has 212 valence electrons. The third kappa shape index (κ3) is 5.12. The number of ether oxygens (including phenoxy) is 1. The van der Waals surface area contributed by atoms with Gasteiger partial charge in [-0.3, -0.25) is 4.79 Å². The van der Waals surface area contributed by atoms with Crippen molar-refractivity contribution < 1.29 is 14.6 Å². The highest BCUT2D eigenvalue weighted by molar-refractivity contribution is 5.76. The second-order valence-corrected chi connectivity index (χ2v) is 14.4. The number of likely N-dealkylation sites (tertiary alicyclic amines) is 1. The van der Waals surface area contributed by atoms with E-state index in [4.69, 9.17) is 11.2 Å². The van der Waals surface area contributed by atoms with Gasteiger partial charge in [0, 0.05) is 32.4 Å². The second-order valence-electron chi connectivity index (χ2n) is 14.4. The van der Waals surface area contributed by atoms with Gasteiger partial charge in [0.15, 0.2) is 0 Å². The molecular weight excluding hydrogens is 470 g/mol. The maximum Gasteiger partial charge on any atom is 0.222 e. The molecule has 1 heterocycles. The van der Waals surface area contributed by atoms with Crippen LogP contribution in [0.25, 0.3) is 0 Å². The van der Waals surface area contributed by atoms with Gasteiger partial charge in [0.05, 0.1) is 12.2 Å². The van der Waals surface area contributed by atoms with E-state index in [1.54, 1.807) is 5.57 Å². The first-order valence-electron chi connectivity index (χ1n) is 15.9. The molecule has 0 spiro atoms. The number of rotatable bonds is 7. The first-order chi connectivity index (χ1) is 18.1. The Bertz CT molecular complexity index is 940. The summed E-state index contributed by atoms with van der Waals surface area (Å²) in [6.07, 6.45) is 23.8. The lowest BCUT2D eigenvalue weighted by molar-refractivity contribution is -0.137. The van der Waals surface area contributed by atoms with Crippen LogP contribution in [-0.2, 0) is 9.53 Å². The van der Waals surface area contributed by atoms with Crippen LogP contribution in [0.3, 0.4) is 0 Å². The summed E-state index contributed by atoms with van der Waals surface area (Å²) in [4.78, 5) is 15.0. The van der Waals surface area contributed by atoms with E-state index in [0.717, 1.165) is 55.8 Å². The molecule has 5 aliphatic rings. The molecule has 1 aliphatic heterocycles. The average Bonchev–Trinajstić information content (AvgIpc) is 3.23. The number of aliphatic hydroxyl groups excluding tert-OH is 1. The Morgan fingerprint density at radius 2 is 1.87 bits per heavy atom. The molecule has 4 fully saturated rings. The van der Waals surface area contributed by atoms with Crippen molar-refractivity contribution in [2.75, 3.05) is 13.1 Å². The van der Waals surface area contributed by atoms with E-state index in [1.165, 1.54) is 51.4 Å². The Labute approximate surface area is 232 Å². The van der Waals surface area contributed by atoms with E-state index >= 15 is 0 Å². The van der Waals surface area contributed by atoms with Gasteiger partial charge in [-0.05, 0) is 113 Å². The van der Waals surface area contributed by atoms with Gasteiger partial charge in [0.25, 0.3) is 0 Å². The molecule has 0 radical (unpaired) electrons. The summed E-state index contributed by atoms with van der Waals surface area (Å²) >= 11 is 0. The predicted molar refractivity (Wildman–Crippen MR) is 153 cm³/mol. The predicted octanol–water partition coefficient (Wildman–Crippen LogP) is 6.91. The van der Waals surface area contributed by atoms with Gasteiger partial charge in [-0.2, -0.15) is 0 Å². The van der Waals surface area contributed by atoms with Crippen LogP contribution in [0.1, 0.15) is 118 Å². The maximum atomic E-state index is 12.9. The normalized spacial score (nSPS) is 40.1. The summed E-state index contributed by atoms with van der Waals surface area (Å²) in [5.74, 6) is 6.49. The van der Waals surface area contributed by atoms with Crippen molar-refractivity contribution in [2.24, 2.45) is 34.5 Å². The first kappa shape index (κ1) is 28.2. The topological polar surface area (TPSA) is 49.8 Å². The highest BCUT2D eigenvalue weighted by Crippen LogP contribution is 2.66. The molecule has 4 heteroatoms. The van der Waals surface area contributed by atoms with E-state index in [-0.39, 0.29) is 12.2 Å². The quantitative estimate of drug-likeness (QED) is 0.224. The third-order valence-electron chi connectivity index (χ3n) is 12.1. The van der Waals surface area contributed by atoms with Crippen LogP contribution in [0.5, 0.6) is 0 Å². The summed E-state index contributed by atoms with van der Waals surface area (Å²) in [6.45, 7) is 10.6. The number of nitrogens with zero attached hydrogens (tertiary/aromatic N) is 1. The number of amides is 1. The Morgan fingerprint density at radius 3 is 2.58 bits per heavy atom. The van der Waals surface area contributed by atoms with E-state index in [1.807, 2.05) is 18.7 Å². The molecule has 4 nitrogen and oxygen atoms in total. The SMILES string of the molecule is C#CC1(OC(C)C)CCN(C(=O)CCCC[C@@H]2CC[C@H]3[C@@H]4CC=C5C[C@@H](O)CC[C@]5(C)[C@H]4CC[C@]23C)CC1. The van der Waals surface area contributed by atoms with Gasteiger partial charge in [0.2, 0.25) is 5.91 Å². The number of carbonyl (C=O) groups excluding carboxylic acids is 1. The summed E-state index contributed by atoms with van der Waals surface area (Å²) in [5, 5.41) is 10.3. The molecule has 1 saturated heterocycles. The first-order valence-corrected chi connectivity index (χ1v) is 15.9. The van der Waals surface area contributed by atoms with E-state index in [9.17, 15) is 9.90 Å².